The SMILES string of the molecule is N#CCCNS(=O)(=O)c1ccc(C(=O)NCc2cccc(CN3CCOCC3)c2)cc1. The van der Waals surface area contributed by atoms with Gasteiger partial charge in [-0.3, -0.25) is 9.69 Å². The van der Waals surface area contributed by atoms with Gasteiger partial charge in [0.15, 0.2) is 0 Å². The maximum atomic E-state index is 12.5. The predicted molar refractivity (Wildman–Crippen MR) is 116 cm³/mol. The number of nitrogens with zero attached hydrogens (tertiary/aromatic N) is 2. The summed E-state index contributed by atoms with van der Waals surface area (Å²) in [6.45, 7) is 4.62. The molecule has 8 nitrogen and oxygen atoms in total. The zero-order chi connectivity index (χ0) is 22.1. The molecule has 0 aromatic heterocycles. The van der Waals surface area contributed by atoms with Crippen LogP contribution in [0.2, 0.25) is 0 Å². The number of nitrogens with one attached hydrogen (secondary N) is 2. The van der Waals surface area contributed by atoms with Crippen molar-refractivity contribution >= 4 is 15.9 Å². The van der Waals surface area contributed by atoms with E-state index in [1.54, 1.807) is 0 Å². The molecule has 0 saturated carbocycles. The summed E-state index contributed by atoms with van der Waals surface area (Å²) in [5.41, 5.74) is 2.56. The van der Waals surface area contributed by atoms with Crippen LogP contribution in [0.4, 0.5) is 0 Å². The van der Waals surface area contributed by atoms with Crippen LogP contribution in [0.3, 0.4) is 0 Å². The third kappa shape index (κ3) is 6.87. The lowest BCUT2D eigenvalue weighted by Crippen LogP contribution is -2.35. The second-order valence-electron chi connectivity index (χ2n) is 7.22. The first-order valence-corrected chi connectivity index (χ1v) is 11.6. The Morgan fingerprint density at radius 1 is 1.10 bits per heavy atom. The number of amides is 1. The molecule has 0 aliphatic carbocycles. The van der Waals surface area contributed by atoms with Gasteiger partial charge in [-0.25, -0.2) is 13.1 Å². The van der Waals surface area contributed by atoms with Crippen LogP contribution in [0.1, 0.15) is 27.9 Å². The molecule has 164 valence electrons. The molecule has 31 heavy (non-hydrogen) atoms. The Kier molecular flexibility index (Phi) is 8.14. The topological polar surface area (TPSA) is 112 Å². The number of nitriles is 1. The monoisotopic (exact) mass is 442 g/mol. The van der Waals surface area contributed by atoms with Gasteiger partial charge in [0.05, 0.1) is 24.2 Å². The van der Waals surface area contributed by atoms with Gasteiger partial charge in [-0.1, -0.05) is 24.3 Å². The van der Waals surface area contributed by atoms with E-state index in [0.29, 0.717) is 12.1 Å². The molecule has 1 saturated heterocycles. The third-order valence-electron chi connectivity index (χ3n) is 4.91. The normalized spacial score (nSPS) is 14.7. The molecule has 1 fully saturated rings. The van der Waals surface area contributed by atoms with Gasteiger partial charge in [0.1, 0.15) is 0 Å². The Labute approximate surface area is 182 Å². The quantitative estimate of drug-likeness (QED) is 0.571. The fourth-order valence-corrected chi connectivity index (χ4v) is 4.28. The number of morpholine rings is 1. The second-order valence-corrected chi connectivity index (χ2v) is 8.99. The van der Waals surface area contributed by atoms with Gasteiger partial charge in [0, 0.05) is 44.7 Å². The summed E-state index contributed by atoms with van der Waals surface area (Å²) < 4.78 is 32.0. The van der Waals surface area contributed by atoms with Crippen LogP contribution in [0.5, 0.6) is 0 Å². The molecule has 2 aromatic carbocycles. The van der Waals surface area contributed by atoms with Crippen molar-refractivity contribution in [3.8, 4) is 6.07 Å². The molecular formula is C22H26N4O4S. The number of carbonyl (C=O) groups is 1. The average Bonchev–Trinajstić information content (AvgIpc) is 2.78. The fourth-order valence-electron chi connectivity index (χ4n) is 3.25. The van der Waals surface area contributed by atoms with E-state index in [4.69, 9.17) is 10.00 Å². The van der Waals surface area contributed by atoms with E-state index in [1.165, 1.54) is 29.8 Å². The Morgan fingerprint density at radius 3 is 2.52 bits per heavy atom. The van der Waals surface area contributed by atoms with E-state index in [9.17, 15) is 13.2 Å². The molecule has 0 spiro atoms. The number of rotatable bonds is 9. The molecular weight excluding hydrogens is 416 g/mol. The first-order valence-electron chi connectivity index (χ1n) is 10.1. The van der Waals surface area contributed by atoms with Crippen molar-refractivity contribution in [3.05, 3.63) is 65.2 Å². The predicted octanol–water partition coefficient (Wildman–Crippen LogP) is 1.64. The number of hydrogen-bond donors (Lipinski definition) is 2. The number of carbonyl (C=O) groups excluding carboxylic acids is 1. The first kappa shape index (κ1) is 22.9. The lowest BCUT2D eigenvalue weighted by molar-refractivity contribution is 0.0342. The molecule has 2 aromatic rings. The first-order chi connectivity index (χ1) is 15.0. The van der Waals surface area contributed by atoms with Crippen molar-refractivity contribution < 1.29 is 17.9 Å². The molecule has 0 unspecified atom stereocenters. The summed E-state index contributed by atoms with van der Waals surface area (Å²) in [6, 6.07) is 15.7. The maximum absolute atomic E-state index is 12.5. The number of ether oxygens (including phenoxy) is 1. The van der Waals surface area contributed by atoms with E-state index in [0.717, 1.165) is 38.4 Å². The minimum absolute atomic E-state index is 0.0473. The Balaban J connectivity index is 1.54. The van der Waals surface area contributed by atoms with Gasteiger partial charge in [-0.2, -0.15) is 5.26 Å². The van der Waals surface area contributed by atoms with Crippen LogP contribution in [0.15, 0.2) is 53.4 Å². The summed E-state index contributed by atoms with van der Waals surface area (Å²) in [7, 11) is -3.69. The highest BCUT2D eigenvalue weighted by molar-refractivity contribution is 7.89. The molecule has 9 heteroatoms. The van der Waals surface area contributed by atoms with E-state index >= 15 is 0 Å². The van der Waals surface area contributed by atoms with Crippen molar-refractivity contribution in [2.75, 3.05) is 32.8 Å². The lowest BCUT2D eigenvalue weighted by atomic mass is 10.1. The number of benzene rings is 2. The zero-order valence-electron chi connectivity index (χ0n) is 17.2. The Hall–Kier alpha value is -2.77. The molecule has 1 heterocycles. The highest BCUT2D eigenvalue weighted by atomic mass is 32.2. The molecule has 3 rings (SSSR count). The van der Waals surface area contributed by atoms with Gasteiger partial charge in [0.2, 0.25) is 10.0 Å². The minimum Gasteiger partial charge on any atom is -0.379 e. The molecule has 1 aliphatic rings. The minimum atomic E-state index is -3.69. The smallest absolute Gasteiger partial charge is 0.251 e. The van der Waals surface area contributed by atoms with Crippen molar-refractivity contribution in [2.24, 2.45) is 0 Å². The number of hydrogen-bond acceptors (Lipinski definition) is 6. The van der Waals surface area contributed by atoms with Crippen LogP contribution in [-0.2, 0) is 27.8 Å². The molecule has 2 N–H and O–H groups in total. The molecule has 1 aliphatic heterocycles. The van der Waals surface area contributed by atoms with Crippen molar-refractivity contribution in [3.63, 3.8) is 0 Å². The van der Waals surface area contributed by atoms with Crippen LogP contribution >= 0.6 is 0 Å². The van der Waals surface area contributed by atoms with E-state index in [1.807, 2.05) is 18.2 Å². The van der Waals surface area contributed by atoms with Crippen molar-refractivity contribution in [2.45, 2.75) is 24.4 Å². The standard InChI is InChI=1S/C22H26N4O4S/c23-9-2-10-25-31(28,29)21-7-5-20(6-8-21)22(27)24-16-18-3-1-4-19(15-18)17-26-11-13-30-14-12-26/h1,3-8,15,25H,2,10-14,16-17H2,(H,24,27). The second kappa shape index (κ2) is 11.0. The van der Waals surface area contributed by atoms with E-state index < -0.39 is 10.0 Å². The van der Waals surface area contributed by atoms with Gasteiger partial charge in [0.25, 0.3) is 5.91 Å². The van der Waals surface area contributed by atoms with Crippen molar-refractivity contribution in [1.29, 1.82) is 5.26 Å². The summed E-state index contributed by atoms with van der Waals surface area (Å²) >= 11 is 0. The summed E-state index contributed by atoms with van der Waals surface area (Å²) in [5.74, 6) is -0.278. The lowest BCUT2D eigenvalue weighted by Gasteiger charge is -2.26. The van der Waals surface area contributed by atoms with Crippen LogP contribution in [-0.4, -0.2) is 52.1 Å². The Morgan fingerprint density at radius 2 is 1.81 bits per heavy atom. The Bertz CT molecular complexity index is 1030. The highest BCUT2D eigenvalue weighted by Crippen LogP contribution is 2.12. The van der Waals surface area contributed by atoms with Crippen molar-refractivity contribution in [1.82, 2.24) is 14.9 Å². The molecule has 0 atom stereocenters. The van der Waals surface area contributed by atoms with Crippen LogP contribution < -0.4 is 10.0 Å². The van der Waals surface area contributed by atoms with E-state index in [2.05, 4.69) is 27.1 Å². The fraction of sp³-hybridized carbons (Fsp3) is 0.364. The van der Waals surface area contributed by atoms with Crippen LogP contribution in [0.25, 0.3) is 0 Å². The summed E-state index contributed by atoms with van der Waals surface area (Å²) in [5, 5.41) is 11.4. The molecule has 1 amide bonds. The largest absolute Gasteiger partial charge is 0.379 e. The van der Waals surface area contributed by atoms with E-state index in [-0.39, 0.29) is 23.8 Å². The van der Waals surface area contributed by atoms with Gasteiger partial charge >= 0.3 is 0 Å². The average molecular weight is 443 g/mol. The van der Waals surface area contributed by atoms with Crippen LogP contribution in [0, 0.1) is 11.3 Å². The highest BCUT2D eigenvalue weighted by Gasteiger charge is 2.15. The third-order valence-corrected chi connectivity index (χ3v) is 6.39. The number of sulfonamides is 1. The maximum Gasteiger partial charge on any atom is 0.251 e. The van der Waals surface area contributed by atoms with Gasteiger partial charge < -0.3 is 10.1 Å². The summed E-state index contributed by atoms with van der Waals surface area (Å²) in [4.78, 5) is 14.9. The van der Waals surface area contributed by atoms with Gasteiger partial charge in [-0.05, 0) is 35.4 Å². The molecule has 0 bridgehead atoms. The summed E-state index contributed by atoms with van der Waals surface area (Å²) in [6.07, 6.45) is 0.0906. The zero-order valence-corrected chi connectivity index (χ0v) is 18.0. The molecule has 0 radical (unpaired) electrons. The van der Waals surface area contributed by atoms with Gasteiger partial charge in [-0.15, -0.1) is 0 Å².